The third-order valence-electron chi connectivity index (χ3n) is 3.66. The van der Waals surface area contributed by atoms with E-state index in [-0.39, 0.29) is 0 Å². The summed E-state index contributed by atoms with van der Waals surface area (Å²) in [6, 6.07) is 14.9. The van der Waals surface area contributed by atoms with Gasteiger partial charge in [-0.2, -0.15) is 0 Å². The molecule has 21 heavy (non-hydrogen) atoms. The predicted octanol–water partition coefficient (Wildman–Crippen LogP) is 5.35. The maximum absolute atomic E-state index is 6.39. The second-order valence-corrected chi connectivity index (χ2v) is 6.68. The minimum absolute atomic E-state index is 0.429. The van der Waals surface area contributed by atoms with Crippen molar-refractivity contribution in [2.45, 2.75) is 26.2 Å². The lowest BCUT2D eigenvalue weighted by molar-refractivity contribution is 0.595. The van der Waals surface area contributed by atoms with Crippen LogP contribution < -0.4 is 5.32 Å². The van der Waals surface area contributed by atoms with Gasteiger partial charge < -0.3 is 5.32 Å². The van der Waals surface area contributed by atoms with Crippen molar-refractivity contribution in [1.82, 2.24) is 5.32 Å². The molecule has 112 valence electrons. The zero-order valence-corrected chi connectivity index (χ0v) is 14.8. The molecule has 2 rings (SSSR count). The highest BCUT2D eigenvalue weighted by atomic mass is 79.9. The van der Waals surface area contributed by atoms with E-state index in [0.29, 0.717) is 5.92 Å². The fraction of sp³-hybridized carbons (Fsp3) is 0.333. The van der Waals surface area contributed by atoms with E-state index >= 15 is 0 Å². The standard InChI is InChI=1S/C18H21BrClN/c1-3-21-12-16(14-6-8-17(19)9-7-14)11-15-5-4-13(2)10-18(15)20/h4-10,16,21H,3,11-12H2,1-2H3. The van der Waals surface area contributed by atoms with E-state index in [1.54, 1.807) is 0 Å². The second-order valence-electron chi connectivity index (χ2n) is 5.36. The number of rotatable bonds is 6. The van der Waals surface area contributed by atoms with Gasteiger partial charge in [0.2, 0.25) is 0 Å². The Balaban J connectivity index is 2.21. The Bertz CT molecular complexity index is 580. The first-order valence-electron chi connectivity index (χ1n) is 7.31. The number of hydrogen-bond acceptors (Lipinski definition) is 1. The van der Waals surface area contributed by atoms with Crippen LogP contribution in [0.2, 0.25) is 5.02 Å². The monoisotopic (exact) mass is 365 g/mol. The summed E-state index contributed by atoms with van der Waals surface area (Å²) in [6.07, 6.45) is 0.952. The van der Waals surface area contributed by atoms with Crippen LogP contribution in [-0.2, 0) is 6.42 Å². The highest BCUT2D eigenvalue weighted by Crippen LogP contribution is 2.26. The Morgan fingerprint density at radius 3 is 2.48 bits per heavy atom. The van der Waals surface area contributed by atoms with Crippen molar-refractivity contribution < 1.29 is 0 Å². The van der Waals surface area contributed by atoms with E-state index in [0.717, 1.165) is 29.0 Å². The Kier molecular flexibility index (Phi) is 6.28. The summed E-state index contributed by atoms with van der Waals surface area (Å²) >= 11 is 9.89. The van der Waals surface area contributed by atoms with Crippen LogP contribution in [0.1, 0.15) is 29.5 Å². The lowest BCUT2D eigenvalue weighted by Crippen LogP contribution is -2.22. The molecule has 0 aliphatic carbocycles. The van der Waals surface area contributed by atoms with Crippen LogP contribution in [0.5, 0.6) is 0 Å². The molecular formula is C18H21BrClN. The molecule has 0 aliphatic heterocycles. The van der Waals surface area contributed by atoms with Crippen molar-refractivity contribution in [2.24, 2.45) is 0 Å². The van der Waals surface area contributed by atoms with E-state index in [2.05, 4.69) is 71.5 Å². The van der Waals surface area contributed by atoms with Crippen LogP contribution in [0.3, 0.4) is 0 Å². The number of benzene rings is 2. The lowest BCUT2D eigenvalue weighted by Gasteiger charge is -2.19. The van der Waals surface area contributed by atoms with Crippen LogP contribution in [0, 0.1) is 6.92 Å². The van der Waals surface area contributed by atoms with Crippen molar-refractivity contribution in [3.8, 4) is 0 Å². The lowest BCUT2D eigenvalue weighted by atomic mass is 9.91. The smallest absolute Gasteiger partial charge is 0.0440 e. The number of hydrogen-bond donors (Lipinski definition) is 1. The van der Waals surface area contributed by atoms with Crippen molar-refractivity contribution >= 4 is 27.5 Å². The van der Waals surface area contributed by atoms with Gasteiger partial charge in [-0.1, -0.05) is 58.7 Å². The fourth-order valence-corrected chi connectivity index (χ4v) is 3.02. The Hall–Kier alpha value is -0.830. The van der Waals surface area contributed by atoms with Crippen LogP contribution in [0.15, 0.2) is 46.9 Å². The Morgan fingerprint density at radius 2 is 1.86 bits per heavy atom. The zero-order valence-electron chi connectivity index (χ0n) is 12.5. The van der Waals surface area contributed by atoms with Crippen molar-refractivity contribution in [1.29, 1.82) is 0 Å². The Labute approximate surface area is 140 Å². The SMILES string of the molecule is CCNCC(Cc1ccc(C)cc1Cl)c1ccc(Br)cc1. The molecule has 0 fully saturated rings. The molecule has 0 amide bonds. The van der Waals surface area contributed by atoms with Crippen LogP contribution in [0.4, 0.5) is 0 Å². The molecule has 0 heterocycles. The van der Waals surface area contributed by atoms with E-state index in [4.69, 9.17) is 11.6 Å². The molecular weight excluding hydrogens is 346 g/mol. The molecule has 1 nitrogen and oxygen atoms in total. The number of likely N-dealkylation sites (N-methyl/N-ethyl adjacent to an activating group) is 1. The summed E-state index contributed by atoms with van der Waals surface area (Å²) in [5.74, 6) is 0.429. The van der Waals surface area contributed by atoms with E-state index in [1.807, 2.05) is 6.07 Å². The molecule has 2 aromatic carbocycles. The summed E-state index contributed by atoms with van der Waals surface area (Å²) in [6.45, 7) is 6.15. The third kappa shape index (κ3) is 4.84. The molecule has 1 unspecified atom stereocenters. The highest BCUT2D eigenvalue weighted by molar-refractivity contribution is 9.10. The number of nitrogens with one attached hydrogen (secondary N) is 1. The molecule has 0 aromatic heterocycles. The van der Waals surface area contributed by atoms with Gasteiger partial charge in [0.15, 0.2) is 0 Å². The first kappa shape index (κ1) is 16.5. The van der Waals surface area contributed by atoms with Crippen molar-refractivity contribution in [3.05, 3.63) is 68.7 Å². The summed E-state index contributed by atoms with van der Waals surface area (Å²) in [7, 11) is 0. The summed E-state index contributed by atoms with van der Waals surface area (Å²) < 4.78 is 1.11. The van der Waals surface area contributed by atoms with Crippen LogP contribution in [0.25, 0.3) is 0 Å². The minimum atomic E-state index is 0.429. The molecule has 0 saturated carbocycles. The number of aryl methyl sites for hydroxylation is 1. The van der Waals surface area contributed by atoms with Gasteiger partial charge in [0.1, 0.15) is 0 Å². The largest absolute Gasteiger partial charge is 0.316 e. The minimum Gasteiger partial charge on any atom is -0.316 e. The first-order chi connectivity index (χ1) is 10.1. The van der Waals surface area contributed by atoms with Crippen LogP contribution in [-0.4, -0.2) is 13.1 Å². The Morgan fingerprint density at radius 1 is 1.14 bits per heavy atom. The average molecular weight is 367 g/mol. The number of halogens is 2. The molecule has 2 aromatic rings. The van der Waals surface area contributed by atoms with Gasteiger partial charge in [0.05, 0.1) is 0 Å². The van der Waals surface area contributed by atoms with Gasteiger partial charge in [0, 0.05) is 22.0 Å². The van der Waals surface area contributed by atoms with Gasteiger partial charge in [-0.25, -0.2) is 0 Å². The zero-order chi connectivity index (χ0) is 15.2. The van der Waals surface area contributed by atoms with Gasteiger partial charge in [0.25, 0.3) is 0 Å². The normalized spacial score (nSPS) is 12.4. The molecule has 0 aliphatic rings. The maximum Gasteiger partial charge on any atom is 0.0440 e. The van der Waals surface area contributed by atoms with Gasteiger partial charge in [-0.3, -0.25) is 0 Å². The summed E-state index contributed by atoms with van der Waals surface area (Å²) in [4.78, 5) is 0. The molecule has 1 atom stereocenters. The van der Waals surface area contributed by atoms with Crippen molar-refractivity contribution in [3.63, 3.8) is 0 Å². The van der Waals surface area contributed by atoms with Gasteiger partial charge in [-0.15, -0.1) is 0 Å². The summed E-state index contributed by atoms with van der Waals surface area (Å²) in [5.41, 5.74) is 3.76. The highest BCUT2D eigenvalue weighted by Gasteiger charge is 2.14. The fourth-order valence-electron chi connectivity index (χ4n) is 2.44. The maximum atomic E-state index is 6.39. The molecule has 0 spiro atoms. The third-order valence-corrected chi connectivity index (χ3v) is 4.54. The average Bonchev–Trinajstić information content (AvgIpc) is 2.46. The van der Waals surface area contributed by atoms with Crippen molar-refractivity contribution in [2.75, 3.05) is 13.1 Å². The van der Waals surface area contributed by atoms with Crippen LogP contribution >= 0.6 is 27.5 Å². The summed E-state index contributed by atoms with van der Waals surface area (Å²) in [5, 5.41) is 4.33. The van der Waals surface area contributed by atoms with E-state index in [1.165, 1.54) is 16.7 Å². The quantitative estimate of drug-likeness (QED) is 0.727. The van der Waals surface area contributed by atoms with Gasteiger partial charge >= 0.3 is 0 Å². The first-order valence-corrected chi connectivity index (χ1v) is 8.48. The van der Waals surface area contributed by atoms with Gasteiger partial charge in [-0.05, 0) is 54.8 Å². The molecule has 1 N–H and O–H groups in total. The predicted molar refractivity (Wildman–Crippen MR) is 95.3 cm³/mol. The van der Waals surface area contributed by atoms with E-state index in [9.17, 15) is 0 Å². The second kappa shape index (κ2) is 7.98. The molecule has 0 saturated heterocycles. The molecule has 3 heteroatoms. The molecule has 0 radical (unpaired) electrons. The topological polar surface area (TPSA) is 12.0 Å². The molecule has 0 bridgehead atoms. The van der Waals surface area contributed by atoms with E-state index < -0.39 is 0 Å².